The highest BCUT2D eigenvalue weighted by Gasteiger charge is 2.30. The maximum atomic E-state index is 13.6. The van der Waals surface area contributed by atoms with Gasteiger partial charge >= 0.3 is 0 Å². The molecule has 4 aromatic rings. The van der Waals surface area contributed by atoms with E-state index in [1.807, 2.05) is 48.5 Å². The smallest absolute Gasteiger partial charge is 0.233 e. The van der Waals surface area contributed by atoms with Crippen LogP contribution in [-0.4, -0.2) is 37.9 Å². The fraction of sp³-hybridized carbons (Fsp3) is 0.250. The lowest BCUT2D eigenvalue weighted by molar-refractivity contribution is 0.170. The topological polar surface area (TPSA) is 75.4 Å². The quantitative estimate of drug-likeness (QED) is 0.260. The zero-order valence-electron chi connectivity index (χ0n) is 19.8. The Morgan fingerprint density at radius 3 is 2.19 bits per heavy atom. The van der Waals surface area contributed by atoms with Crippen molar-refractivity contribution in [2.24, 2.45) is 0 Å². The number of hydrogen-bond acceptors (Lipinski definition) is 6. The molecule has 0 amide bonds. The molecule has 1 atom stereocenters. The lowest BCUT2D eigenvalue weighted by atomic mass is 10.0. The number of piperidine rings is 1. The summed E-state index contributed by atoms with van der Waals surface area (Å²) in [7, 11) is -3.91. The van der Waals surface area contributed by atoms with Crippen molar-refractivity contribution in [1.29, 1.82) is 0 Å². The molecule has 0 bridgehead atoms. The predicted molar refractivity (Wildman–Crippen MR) is 145 cm³/mol. The third kappa shape index (κ3) is 5.40. The summed E-state index contributed by atoms with van der Waals surface area (Å²) in [4.78, 5) is 7.10. The summed E-state index contributed by atoms with van der Waals surface area (Å²) < 4.78 is 34.2. The van der Waals surface area contributed by atoms with Crippen LogP contribution in [0.4, 0.5) is 5.88 Å². The van der Waals surface area contributed by atoms with E-state index in [1.54, 1.807) is 24.3 Å². The maximum Gasteiger partial charge on any atom is 0.233 e. The van der Waals surface area contributed by atoms with Gasteiger partial charge in [0.15, 0.2) is 0 Å². The molecule has 6 nitrogen and oxygen atoms in total. The van der Waals surface area contributed by atoms with Crippen molar-refractivity contribution in [3.8, 4) is 11.5 Å². The molecule has 1 N–H and O–H groups in total. The van der Waals surface area contributed by atoms with Gasteiger partial charge in [-0.25, -0.2) is 8.42 Å². The molecule has 1 unspecified atom stereocenters. The van der Waals surface area contributed by atoms with Crippen molar-refractivity contribution in [3.63, 3.8) is 0 Å². The second-order valence-electron chi connectivity index (χ2n) is 8.88. The highest BCUT2D eigenvalue weighted by atomic mass is 79.9. The zero-order valence-corrected chi connectivity index (χ0v) is 22.2. The second kappa shape index (κ2) is 11.0. The molecule has 1 aliphatic heterocycles. The van der Waals surface area contributed by atoms with Gasteiger partial charge in [0.05, 0.1) is 10.9 Å². The Kier molecular flexibility index (Phi) is 7.55. The molecule has 0 radical (unpaired) electrons. The van der Waals surface area contributed by atoms with Crippen LogP contribution in [0.2, 0.25) is 0 Å². The molecule has 2 heterocycles. The van der Waals surface area contributed by atoms with Crippen LogP contribution in [0.1, 0.15) is 30.9 Å². The van der Waals surface area contributed by atoms with Crippen molar-refractivity contribution in [3.05, 3.63) is 95.0 Å². The first-order valence-electron chi connectivity index (χ1n) is 12.1. The summed E-state index contributed by atoms with van der Waals surface area (Å²) in [6.07, 6.45) is 3.56. The summed E-state index contributed by atoms with van der Waals surface area (Å²) >= 11 is 3.37. The molecule has 5 rings (SSSR count). The number of nitrogens with one attached hydrogen (secondary N) is 1. The number of sulfone groups is 1. The Balaban J connectivity index is 1.51. The van der Waals surface area contributed by atoms with Crippen LogP contribution in [0.25, 0.3) is 11.5 Å². The lowest BCUT2D eigenvalue weighted by Gasteiger charge is -2.35. The highest BCUT2D eigenvalue weighted by Crippen LogP contribution is 2.34. The molecule has 1 fully saturated rings. The second-order valence-corrected chi connectivity index (χ2v) is 11.7. The van der Waals surface area contributed by atoms with Crippen LogP contribution in [0.15, 0.2) is 104 Å². The van der Waals surface area contributed by atoms with Crippen LogP contribution >= 0.6 is 15.9 Å². The van der Waals surface area contributed by atoms with E-state index >= 15 is 0 Å². The van der Waals surface area contributed by atoms with Crippen molar-refractivity contribution < 1.29 is 12.8 Å². The van der Waals surface area contributed by atoms with Crippen LogP contribution in [0.3, 0.4) is 0 Å². The third-order valence-corrected chi connectivity index (χ3v) is 8.67. The summed E-state index contributed by atoms with van der Waals surface area (Å²) in [5.41, 5.74) is 1.90. The van der Waals surface area contributed by atoms with Gasteiger partial charge in [0.1, 0.15) is 0 Å². The predicted octanol–water partition coefficient (Wildman–Crippen LogP) is 6.58. The van der Waals surface area contributed by atoms with Gasteiger partial charge in [-0.2, -0.15) is 4.98 Å². The Bertz CT molecular complexity index is 1390. The van der Waals surface area contributed by atoms with E-state index in [0.29, 0.717) is 12.1 Å². The Hall–Kier alpha value is -2.94. The maximum absolute atomic E-state index is 13.6. The van der Waals surface area contributed by atoms with Gasteiger partial charge in [0.2, 0.25) is 26.6 Å². The van der Waals surface area contributed by atoms with E-state index in [2.05, 4.69) is 43.3 Å². The van der Waals surface area contributed by atoms with Crippen molar-refractivity contribution in [2.75, 3.05) is 25.0 Å². The number of hydrogen-bond donors (Lipinski definition) is 1. The number of aromatic nitrogens is 1. The fourth-order valence-electron chi connectivity index (χ4n) is 4.58. The molecule has 0 aliphatic carbocycles. The minimum Gasteiger partial charge on any atom is -0.419 e. The number of anilines is 1. The zero-order chi connectivity index (χ0) is 25.0. The van der Waals surface area contributed by atoms with Crippen molar-refractivity contribution in [2.45, 2.75) is 35.2 Å². The van der Waals surface area contributed by atoms with Crippen molar-refractivity contribution in [1.82, 2.24) is 9.88 Å². The first-order chi connectivity index (χ1) is 17.5. The van der Waals surface area contributed by atoms with Gasteiger partial charge in [-0.1, -0.05) is 70.9 Å². The number of rotatable bonds is 8. The van der Waals surface area contributed by atoms with E-state index < -0.39 is 9.84 Å². The largest absolute Gasteiger partial charge is 0.419 e. The van der Waals surface area contributed by atoms with Gasteiger partial charge in [-0.3, -0.25) is 4.90 Å². The minimum absolute atomic E-state index is 0.0833. The highest BCUT2D eigenvalue weighted by molar-refractivity contribution is 9.10. The normalized spacial score (nSPS) is 15.5. The van der Waals surface area contributed by atoms with Gasteiger partial charge in [-0.05, 0) is 67.9 Å². The number of nitrogens with zero attached hydrogens (tertiary/aromatic N) is 2. The number of oxazole rings is 1. The van der Waals surface area contributed by atoms with Crippen LogP contribution in [0, 0.1) is 0 Å². The number of benzene rings is 3. The molecule has 1 aliphatic rings. The Morgan fingerprint density at radius 2 is 1.53 bits per heavy atom. The Morgan fingerprint density at radius 1 is 0.889 bits per heavy atom. The first-order valence-corrected chi connectivity index (χ1v) is 14.4. The van der Waals surface area contributed by atoms with Gasteiger partial charge in [0.25, 0.3) is 0 Å². The molecule has 0 saturated carbocycles. The molecular formula is C28H28BrN3O3S. The van der Waals surface area contributed by atoms with Crippen LogP contribution < -0.4 is 5.32 Å². The molecule has 8 heteroatoms. The molecule has 186 valence electrons. The van der Waals surface area contributed by atoms with E-state index in [4.69, 9.17) is 4.42 Å². The molecule has 36 heavy (non-hydrogen) atoms. The van der Waals surface area contributed by atoms with Gasteiger partial charge in [-0.15, -0.1) is 0 Å². The fourth-order valence-corrected chi connectivity index (χ4v) is 6.12. The SMILES string of the molecule is O=S(=O)(c1ccc(Br)cc1)c1nc(-c2ccccc2)oc1NCC(c1ccccc1)N1CCCCC1. The van der Waals surface area contributed by atoms with Crippen LogP contribution in [0.5, 0.6) is 0 Å². The Labute approximate surface area is 220 Å². The number of likely N-dealkylation sites (tertiary alicyclic amines) is 1. The standard InChI is InChI=1S/C28H28BrN3O3S/c29-23-14-16-24(17-15-23)36(33,34)28-27(35-26(31-28)22-12-6-2-7-13-22)30-20-25(21-10-4-1-5-11-21)32-18-8-3-9-19-32/h1-2,4-7,10-17,25,30H,3,8-9,18-20H2. The van der Waals surface area contributed by atoms with E-state index in [-0.39, 0.29) is 27.7 Å². The average molecular weight is 567 g/mol. The summed E-state index contributed by atoms with van der Waals surface area (Å²) in [5, 5.41) is 3.22. The van der Waals surface area contributed by atoms with E-state index in [0.717, 1.165) is 30.4 Å². The first kappa shape index (κ1) is 24.7. The summed E-state index contributed by atoms with van der Waals surface area (Å²) in [6.45, 7) is 2.52. The van der Waals surface area contributed by atoms with Gasteiger partial charge < -0.3 is 9.73 Å². The van der Waals surface area contributed by atoms with Gasteiger partial charge in [0, 0.05) is 16.6 Å². The average Bonchev–Trinajstić information content (AvgIpc) is 3.36. The monoisotopic (exact) mass is 565 g/mol. The van der Waals surface area contributed by atoms with E-state index in [1.165, 1.54) is 12.0 Å². The van der Waals surface area contributed by atoms with E-state index in [9.17, 15) is 8.42 Å². The molecule has 1 aromatic heterocycles. The summed E-state index contributed by atoms with van der Waals surface area (Å²) in [6, 6.07) is 26.3. The molecule has 1 saturated heterocycles. The minimum atomic E-state index is -3.91. The van der Waals surface area contributed by atoms with Crippen molar-refractivity contribution >= 4 is 31.7 Å². The molecule has 0 spiro atoms. The van der Waals surface area contributed by atoms with Crippen LogP contribution in [-0.2, 0) is 9.84 Å². The molecular weight excluding hydrogens is 538 g/mol. The molecule has 3 aromatic carbocycles. The number of halogens is 1. The summed E-state index contributed by atoms with van der Waals surface area (Å²) in [5.74, 6) is 0.428. The third-order valence-electron chi connectivity index (χ3n) is 6.47. The lowest BCUT2D eigenvalue weighted by Crippen LogP contribution is -2.37.